The summed E-state index contributed by atoms with van der Waals surface area (Å²) in [5.41, 5.74) is 0. The second-order valence-electron chi connectivity index (χ2n) is 6.36. The third-order valence-corrected chi connectivity index (χ3v) is 5.76. The van der Waals surface area contributed by atoms with Crippen molar-refractivity contribution in [3.8, 4) is 0 Å². The van der Waals surface area contributed by atoms with E-state index < -0.39 is 8.07 Å². The second kappa shape index (κ2) is 6.52. The Kier molecular flexibility index (Phi) is 5.22. The summed E-state index contributed by atoms with van der Waals surface area (Å²) in [4.78, 5) is 4.51. The van der Waals surface area contributed by atoms with Crippen molar-refractivity contribution in [1.29, 1.82) is 0 Å². The van der Waals surface area contributed by atoms with Crippen LogP contribution >= 0.6 is 15.9 Å². The van der Waals surface area contributed by atoms with Crippen LogP contribution in [0.3, 0.4) is 0 Å². The number of aromatic nitrogens is 2. The molecule has 1 fully saturated rings. The highest BCUT2D eigenvalue weighted by molar-refractivity contribution is 9.10. The highest BCUT2D eigenvalue weighted by Gasteiger charge is 2.22. The number of hydrogen-bond acceptors (Lipinski definition) is 3. The molecule has 1 unspecified atom stereocenters. The molecule has 0 aliphatic carbocycles. The van der Waals surface area contributed by atoms with Gasteiger partial charge in [-0.1, -0.05) is 19.6 Å². The molecular formula is C13H24BrN3OSi. The van der Waals surface area contributed by atoms with Gasteiger partial charge in [0.25, 0.3) is 0 Å². The van der Waals surface area contributed by atoms with E-state index in [1.807, 2.05) is 6.20 Å². The lowest BCUT2D eigenvalue weighted by molar-refractivity contribution is 0.0826. The van der Waals surface area contributed by atoms with E-state index in [4.69, 9.17) is 4.74 Å². The topological polar surface area (TPSA) is 39.1 Å². The fraction of sp³-hybridized carbons (Fsp3) is 0.769. The van der Waals surface area contributed by atoms with Crippen molar-refractivity contribution in [2.45, 2.75) is 51.3 Å². The molecule has 0 amide bonds. The first-order chi connectivity index (χ1) is 8.97. The van der Waals surface area contributed by atoms with Crippen molar-refractivity contribution in [2.24, 2.45) is 0 Å². The molecule has 2 heterocycles. The first kappa shape index (κ1) is 15.2. The van der Waals surface area contributed by atoms with Gasteiger partial charge in [0.2, 0.25) is 0 Å². The molecule has 0 saturated carbocycles. The minimum Gasteiger partial charge on any atom is -0.361 e. The third-order valence-electron chi connectivity index (χ3n) is 3.43. The van der Waals surface area contributed by atoms with Gasteiger partial charge in [-0.05, 0) is 41.4 Å². The van der Waals surface area contributed by atoms with Gasteiger partial charge in [-0.25, -0.2) is 4.98 Å². The van der Waals surface area contributed by atoms with E-state index >= 15 is 0 Å². The van der Waals surface area contributed by atoms with Crippen molar-refractivity contribution in [1.82, 2.24) is 14.9 Å². The third kappa shape index (κ3) is 4.41. The Balaban J connectivity index is 1.90. The summed E-state index contributed by atoms with van der Waals surface area (Å²) < 4.78 is 8.97. The van der Waals surface area contributed by atoms with Gasteiger partial charge in [0.1, 0.15) is 17.2 Å². The van der Waals surface area contributed by atoms with Crippen LogP contribution < -0.4 is 5.32 Å². The molecule has 6 heteroatoms. The highest BCUT2D eigenvalue weighted by Crippen LogP contribution is 2.25. The molecule has 1 aliphatic heterocycles. The SMILES string of the molecule is C[Si](C)(C)CCOCn1c(Br)cnc1C1CCCN1. The van der Waals surface area contributed by atoms with Gasteiger partial charge in [0, 0.05) is 14.7 Å². The van der Waals surface area contributed by atoms with Crippen LogP contribution in [0, 0.1) is 0 Å². The molecule has 0 spiro atoms. The molecule has 1 aromatic rings. The van der Waals surface area contributed by atoms with Crippen molar-refractivity contribution in [3.05, 3.63) is 16.6 Å². The number of hydrogen-bond donors (Lipinski definition) is 1. The molecule has 0 aromatic carbocycles. The monoisotopic (exact) mass is 345 g/mol. The van der Waals surface area contributed by atoms with Crippen LogP contribution in [0.5, 0.6) is 0 Å². The van der Waals surface area contributed by atoms with Gasteiger partial charge in [-0.2, -0.15) is 0 Å². The molecule has 1 saturated heterocycles. The van der Waals surface area contributed by atoms with Gasteiger partial charge in [-0.3, -0.25) is 4.57 Å². The van der Waals surface area contributed by atoms with E-state index in [0.717, 1.165) is 23.6 Å². The van der Waals surface area contributed by atoms with E-state index in [1.54, 1.807) is 0 Å². The van der Waals surface area contributed by atoms with E-state index in [1.165, 1.54) is 18.9 Å². The Morgan fingerprint density at radius 3 is 2.95 bits per heavy atom. The van der Waals surface area contributed by atoms with Gasteiger partial charge >= 0.3 is 0 Å². The van der Waals surface area contributed by atoms with Crippen LogP contribution in [0.2, 0.25) is 25.7 Å². The first-order valence-corrected chi connectivity index (χ1v) is 11.5. The predicted molar refractivity (Wildman–Crippen MR) is 84.0 cm³/mol. The van der Waals surface area contributed by atoms with Crippen molar-refractivity contribution in [2.75, 3.05) is 13.2 Å². The molecule has 1 aromatic heterocycles. The lowest BCUT2D eigenvalue weighted by atomic mass is 10.2. The number of nitrogens with one attached hydrogen (secondary N) is 1. The van der Waals surface area contributed by atoms with E-state index in [2.05, 4.69) is 50.4 Å². The maximum atomic E-state index is 5.84. The lowest BCUT2D eigenvalue weighted by Gasteiger charge is -2.17. The minimum absolute atomic E-state index is 0.381. The number of rotatable bonds is 6. The Morgan fingerprint density at radius 2 is 2.32 bits per heavy atom. The Hall–Kier alpha value is -0.173. The summed E-state index contributed by atoms with van der Waals surface area (Å²) in [5.74, 6) is 1.09. The van der Waals surface area contributed by atoms with Crippen LogP contribution in [0.25, 0.3) is 0 Å². The van der Waals surface area contributed by atoms with E-state index in [9.17, 15) is 0 Å². The van der Waals surface area contributed by atoms with Crippen LogP contribution in [0.4, 0.5) is 0 Å². The van der Waals surface area contributed by atoms with Crippen molar-refractivity contribution in [3.63, 3.8) is 0 Å². The minimum atomic E-state index is -1.01. The standard InChI is InChI=1S/C13H24BrN3OSi/c1-19(2,3)8-7-18-10-17-12(14)9-16-13(17)11-5-4-6-15-11/h9,11,15H,4-8,10H2,1-3H3. The summed E-state index contributed by atoms with van der Waals surface area (Å²) in [7, 11) is -1.01. The Bertz CT molecular complexity index is 411. The molecule has 2 rings (SSSR count). The quantitative estimate of drug-likeness (QED) is 0.634. The summed E-state index contributed by atoms with van der Waals surface area (Å²) in [6.45, 7) is 9.65. The Labute approximate surface area is 125 Å². The summed E-state index contributed by atoms with van der Waals surface area (Å²) in [6, 6.07) is 1.59. The van der Waals surface area contributed by atoms with Gasteiger partial charge in [-0.15, -0.1) is 0 Å². The fourth-order valence-corrected chi connectivity index (χ4v) is 3.36. The van der Waals surface area contributed by atoms with Crippen LogP contribution in [-0.2, 0) is 11.5 Å². The van der Waals surface area contributed by atoms with Gasteiger partial charge in [0.15, 0.2) is 0 Å². The van der Waals surface area contributed by atoms with Gasteiger partial charge in [0.05, 0.1) is 12.2 Å². The lowest BCUT2D eigenvalue weighted by Crippen LogP contribution is -2.23. The maximum absolute atomic E-state index is 5.84. The molecule has 19 heavy (non-hydrogen) atoms. The zero-order chi connectivity index (χ0) is 13.9. The zero-order valence-corrected chi connectivity index (χ0v) is 14.7. The normalized spacial score (nSPS) is 20.1. The average molecular weight is 346 g/mol. The summed E-state index contributed by atoms with van der Waals surface area (Å²) >= 11 is 3.56. The van der Waals surface area contributed by atoms with Crippen LogP contribution in [0.1, 0.15) is 24.7 Å². The van der Waals surface area contributed by atoms with E-state index in [-0.39, 0.29) is 0 Å². The second-order valence-corrected chi connectivity index (χ2v) is 12.8. The van der Waals surface area contributed by atoms with Crippen molar-refractivity contribution >= 4 is 24.0 Å². The predicted octanol–water partition coefficient (Wildman–Crippen LogP) is 3.38. The molecule has 0 radical (unpaired) electrons. The first-order valence-electron chi connectivity index (χ1n) is 6.99. The summed E-state index contributed by atoms with van der Waals surface area (Å²) in [6.07, 6.45) is 4.27. The van der Waals surface area contributed by atoms with Gasteiger partial charge < -0.3 is 10.1 Å². The fourth-order valence-electron chi connectivity index (χ4n) is 2.21. The number of imidazole rings is 1. The molecule has 1 N–H and O–H groups in total. The molecule has 1 atom stereocenters. The molecule has 108 valence electrons. The number of nitrogens with zero attached hydrogens (tertiary/aromatic N) is 2. The molecule has 1 aliphatic rings. The Morgan fingerprint density at radius 1 is 1.53 bits per heavy atom. The van der Waals surface area contributed by atoms with Crippen LogP contribution in [0.15, 0.2) is 10.8 Å². The largest absolute Gasteiger partial charge is 0.361 e. The molecule has 0 bridgehead atoms. The average Bonchev–Trinajstić information content (AvgIpc) is 2.93. The molecular weight excluding hydrogens is 322 g/mol. The summed E-state index contributed by atoms with van der Waals surface area (Å²) in [5, 5.41) is 3.49. The maximum Gasteiger partial charge on any atom is 0.128 e. The van der Waals surface area contributed by atoms with E-state index in [0.29, 0.717) is 12.8 Å². The smallest absolute Gasteiger partial charge is 0.128 e. The van der Waals surface area contributed by atoms with Crippen LogP contribution in [-0.4, -0.2) is 30.8 Å². The van der Waals surface area contributed by atoms with Crippen molar-refractivity contribution < 1.29 is 4.74 Å². The zero-order valence-electron chi connectivity index (χ0n) is 12.1. The molecule has 4 nitrogen and oxygen atoms in total. The number of halogens is 1. The highest BCUT2D eigenvalue weighted by atomic mass is 79.9. The number of ether oxygens (including phenoxy) is 1.